The van der Waals surface area contributed by atoms with Crippen molar-refractivity contribution in [2.24, 2.45) is 0 Å². The molecule has 1 aliphatic heterocycles. The zero-order chi connectivity index (χ0) is 30.2. The normalized spacial score (nSPS) is 16.4. The summed E-state index contributed by atoms with van der Waals surface area (Å²) in [6.07, 6.45) is 0. The molecule has 0 saturated heterocycles. The molecule has 0 saturated carbocycles. The van der Waals surface area contributed by atoms with Crippen LogP contribution in [0, 0.1) is 13.8 Å². The van der Waals surface area contributed by atoms with Gasteiger partial charge in [-0.05, 0) is 71.7 Å². The Morgan fingerprint density at radius 1 is 0.951 bits per heavy atom. The summed E-state index contributed by atoms with van der Waals surface area (Å²) < 4.78 is 0.767. The number of fused-ring (bicyclic) bond motifs is 1. The van der Waals surface area contributed by atoms with Gasteiger partial charge in [-0.15, -0.1) is 11.3 Å². The summed E-state index contributed by atoms with van der Waals surface area (Å²) in [4.78, 5) is 38.8. The Hall–Kier alpha value is -3.27. The predicted molar refractivity (Wildman–Crippen MR) is 166 cm³/mol. The number of aromatic nitrogens is 2. The average molecular weight is 610 g/mol. The average Bonchev–Trinajstić information content (AvgIpc) is 3.50. The Kier molecular flexibility index (Phi) is 7.08. The fourth-order valence-electron chi connectivity index (χ4n) is 5.16. The third kappa shape index (κ3) is 5.04. The second kappa shape index (κ2) is 9.93. The van der Waals surface area contributed by atoms with Crippen LogP contribution in [0.2, 0.25) is 5.02 Å². The van der Waals surface area contributed by atoms with E-state index < -0.39 is 34.3 Å². The lowest BCUT2D eigenvalue weighted by Gasteiger charge is -2.31. The van der Waals surface area contributed by atoms with Gasteiger partial charge in [-0.1, -0.05) is 64.5 Å². The van der Waals surface area contributed by atoms with Gasteiger partial charge in [0.2, 0.25) is 5.78 Å². The summed E-state index contributed by atoms with van der Waals surface area (Å²) in [5.41, 5.74) is 2.17. The topological polar surface area (TPSA) is 104 Å². The van der Waals surface area contributed by atoms with Crippen molar-refractivity contribution in [2.75, 3.05) is 4.90 Å². The highest BCUT2D eigenvalue weighted by molar-refractivity contribution is 7.22. The number of hydrogen-bond acceptors (Lipinski definition) is 8. The Balaban J connectivity index is 1.81. The molecular formula is C31H32ClN3O4S2. The van der Waals surface area contributed by atoms with Crippen LogP contribution < -0.4 is 4.90 Å². The van der Waals surface area contributed by atoms with E-state index in [1.807, 2.05) is 60.6 Å². The monoisotopic (exact) mass is 609 g/mol. The van der Waals surface area contributed by atoms with E-state index in [0.717, 1.165) is 4.70 Å². The molecule has 0 spiro atoms. The number of phenolic OH excluding ortho intramolecular Hbond substituents is 1. The number of thiazole rings is 2. The van der Waals surface area contributed by atoms with E-state index in [4.69, 9.17) is 16.6 Å². The summed E-state index contributed by atoms with van der Waals surface area (Å²) in [5.74, 6) is -1.62. The summed E-state index contributed by atoms with van der Waals surface area (Å²) in [5, 5.41) is 24.3. The highest BCUT2D eigenvalue weighted by atomic mass is 35.5. The Morgan fingerprint density at radius 2 is 1.56 bits per heavy atom. The number of aliphatic hydroxyl groups is 1. The molecule has 1 unspecified atom stereocenters. The molecular weight excluding hydrogens is 578 g/mol. The van der Waals surface area contributed by atoms with Gasteiger partial charge in [-0.2, -0.15) is 0 Å². The smallest absolute Gasteiger partial charge is 0.296 e. The molecule has 0 bridgehead atoms. The first-order valence-corrected chi connectivity index (χ1v) is 15.2. The second-order valence-corrected chi connectivity index (χ2v) is 15.0. The van der Waals surface area contributed by atoms with Gasteiger partial charge in [-0.25, -0.2) is 9.97 Å². The molecule has 1 amide bonds. The molecule has 10 heteroatoms. The first-order valence-electron chi connectivity index (χ1n) is 13.2. The Labute approximate surface area is 252 Å². The van der Waals surface area contributed by atoms with Crippen LogP contribution in [0.4, 0.5) is 5.13 Å². The van der Waals surface area contributed by atoms with Gasteiger partial charge < -0.3 is 10.2 Å². The lowest BCUT2D eigenvalue weighted by molar-refractivity contribution is -0.117. The van der Waals surface area contributed by atoms with E-state index in [1.165, 1.54) is 27.6 Å². The first kappa shape index (κ1) is 29.2. The van der Waals surface area contributed by atoms with Gasteiger partial charge >= 0.3 is 0 Å². The van der Waals surface area contributed by atoms with Crippen LogP contribution in [-0.4, -0.2) is 31.9 Å². The molecule has 41 heavy (non-hydrogen) atoms. The fraction of sp³-hybridized carbons (Fsp3) is 0.355. The number of Topliss-reactive ketones (excluding diaryl/α,β-unsaturated/α-hetero) is 1. The number of carbonyl (C=O) groups is 2. The number of aliphatic hydroxyl groups excluding tert-OH is 1. The van der Waals surface area contributed by atoms with Crippen molar-refractivity contribution in [1.82, 2.24) is 9.97 Å². The van der Waals surface area contributed by atoms with Crippen LogP contribution in [0.3, 0.4) is 0 Å². The van der Waals surface area contributed by atoms with Crippen LogP contribution in [-0.2, 0) is 15.6 Å². The maximum Gasteiger partial charge on any atom is 0.296 e. The standard InChI is InChI=1S/C31H32ClN3O4S2/c1-14-27(40-15(2)33-14)25(37)22-23(16-11-18(30(3,4)5)24(36)19(12-16)31(6,7)8)35(28(39)26(22)38)29-34-20-10-9-17(32)13-21(20)41-29/h9-13,23,36,38H,1-8H3. The van der Waals surface area contributed by atoms with Crippen molar-refractivity contribution in [3.8, 4) is 5.75 Å². The van der Waals surface area contributed by atoms with E-state index in [2.05, 4.69) is 4.98 Å². The van der Waals surface area contributed by atoms with Crippen LogP contribution in [0.25, 0.3) is 10.2 Å². The van der Waals surface area contributed by atoms with Crippen molar-refractivity contribution in [3.05, 3.63) is 79.0 Å². The Bertz CT molecular complexity index is 1740. The number of rotatable bonds is 4. The number of anilines is 1. The number of aromatic hydroxyl groups is 1. The first-order chi connectivity index (χ1) is 19.0. The molecule has 214 valence electrons. The van der Waals surface area contributed by atoms with Crippen LogP contribution in [0.5, 0.6) is 5.75 Å². The van der Waals surface area contributed by atoms with E-state index in [-0.39, 0.29) is 11.3 Å². The minimum Gasteiger partial charge on any atom is -0.507 e. The van der Waals surface area contributed by atoms with E-state index in [9.17, 15) is 19.8 Å². The number of ketones is 1. The molecule has 7 nitrogen and oxygen atoms in total. The number of hydrogen-bond donors (Lipinski definition) is 2. The third-order valence-electron chi connectivity index (χ3n) is 7.17. The highest BCUT2D eigenvalue weighted by Gasteiger charge is 2.47. The molecule has 1 aliphatic rings. The minimum atomic E-state index is -0.990. The summed E-state index contributed by atoms with van der Waals surface area (Å²) in [6.45, 7) is 15.5. The van der Waals surface area contributed by atoms with Gasteiger partial charge in [0.25, 0.3) is 5.91 Å². The molecule has 2 aromatic carbocycles. The second-order valence-electron chi connectivity index (χ2n) is 12.4. The van der Waals surface area contributed by atoms with Crippen LogP contribution in [0.1, 0.15) is 84.6 Å². The number of aryl methyl sites for hydroxylation is 2. The van der Waals surface area contributed by atoms with Crippen molar-refractivity contribution in [2.45, 2.75) is 72.3 Å². The fourth-order valence-corrected chi connectivity index (χ4v) is 7.30. The van der Waals surface area contributed by atoms with Gasteiger partial charge in [0.05, 0.1) is 37.4 Å². The summed E-state index contributed by atoms with van der Waals surface area (Å²) in [6, 6.07) is 7.93. The molecule has 4 aromatic rings. The van der Waals surface area contributed by atoms with E-state index in [0.29, 0.717) is 47.9 Å². The van der Waals surface area contributed by atoms with Crippen LogP contribution >= 0.6 is 34.3 Å². The third-order valence-corrected chi connectivity index (χ3v) is 9.50. The van der Waals surface area contributed by atoms with Crippen molar-refractivity contribution in [1.29, 1.82) is 0 Å². The number of nitrogens with zero attached hydrogens (tertiary/aromatic N) is 3. The lowest BCUT2D eigenvalue weighted by Crippen LogP contribution is -2.31. The zero-order valence-corrected chi connectivity index (χ0v) is 26.6. The minimum absolute atomic E-state index is 0.0375. The number of amides is 1. The molecule has 2 N–H and O–H groups in total. The number of benzene rings is 2. The van der Waals surface area contributed by atoms with Gasteiger partial charge in [0.15, 0.2) is 10.9 Å². The SMILES string of the molecule is Cc1nc(C)c(C(=O)C2=C(O)C(=O)N(c3nc4ccc(Cl)cc4s3)C2c2cc(C(C)(C)C)c(O)c(C(C)(C)C)c2)s1. The quantitative estimate of drug-likeness (QED) is 0.227. The van der Waals surface area contributed by atoms with Crippen molar-refractivity contribution in [3.63, 3.8) is 0 Å². The molecule has 0 aliphatic carbocycles. The van der Waals surface area contributed by atoms with Crippen molar-refractivity contribution < 1.29 is 19.8 Å². The summed E-state index contributed by atoms with van der Waals surface area (Å²) >= 11 is 8.71. The number of carbonyl (C=O) groups excluding carboxylic acids is 2. The van der Waals surface area contributed by atoms with E-state index >= 15 is 0 Å². The summed E-state index contributed by atoms with van der Waals surface area (Å²) in [7, 11) is 0. The Morgan fingerprint density at radius 3 is 2.10 bits per heavy atom. The molecule has 3 heterocycles. The molecule has 0 radical (unpaired) electrons. The maximum atomic E-state index is 14.1. The van der Waals surface area contributed by atoms with E-state index in [1.54, 1.807) is 25.1 Å². The number of phenols is 1. The van der Waals surface area contributed by atoms with Gasteiger partial charge in [-0.3, -0.25) is 14.5 Å². The predicted octanol–water partition coefficient (Wildman–Crippen LogP) is 8.11. The van der Waals surface area contributed by atoms with Crippen LogP contribution in [0.15, 0.2) is 41.7 Å². The molecule has 0 fully saturated rings. The molecule has 5 rings (SSSR count). The maximum absolute atomic E-state index is 14.1. The van der Waals surface area contributed by atoms with Crippen molar-refractivity contribution >= 4 is 61.3 Å². The van der Waals surface area contributed by atoms with Gasteiger partial charge in [0, 0.05) is 5.02 Å². The van der Waals surface area contributed by atoms with Gasteiger partial charge in [0.1, 0.15) is 5.75 Å². The highest BCUT2D eigenvalue weighted by Crippen LogP contribution is 2.48. The largest absolute Gasteiger partial charge is 0.507 e. The molecule has 1 atom stereocenters. The number of halogens is 1. The zero-order valence-electron chi connectivity index (χ0n) is 24.2. The lowest BCUT2D eigenvalue weighted by atomic mass is 9.77. The molecule has 2 aromatic heterocycles.